The smallest absolute Gasteiger partial charge is 0.196 e. The Morgan fingerprint density at radius 1 is 1.13 bits per heavy atom. The van der Waals surface area contributed by atoms with E-state index in [1.54, 1.807) is 6.92 Å². The Kier molecular flexibility index (Phi) is 3.10. The first-order valence-corrected chi connectivity index (χ1v) is 4.84. The maximum absolute atomic E-state index is 12.2. The minimum Gasteiger partial charge on any atom is -0.196 e. The van der Waals surface area contributed by atoms with Crippen molar-refractivity contribution in [2.75, 3.05) is 0 Å². The average molecular weight is 278 g/mol. The van der Waals surface area contributed by atoms with Crippen LogP contribution in [0.15, 0.2) is 24.3 Å². The zero-order valence-electron chi connectivity index (χ0n) is 7.77. The number of hydrogen-bond acceptors (Lipinski definition) is 1. The van der Waals surface area contributed by atoms with E-state index < -0.39 is 16.1 Å². The van der Waals surface area contributed by atoms with Crippen molar-refractivity contribution >= 4 is 15.9 Å². The van der Waals surface area contributed by atoms with Crippen LogP contribution in [0.4, 0.5) is 13.2 Å². The van der Waals surface area contributed by atoms with Gasteiger partial charge in [0.2, 0.25) is 0 Å². The molecule has 1 rings (SSSR count). The van der Waals surface area contributed by atoms with Crippen molar-refractivity contribution in [2.24, 2.45) is 0 Å². The Morgan fingerprint density at radius 3 is 1.87 bits per heavy atom. The molecule has 1 aromatic rings. The topological polar surface area (TPSA) is 23.8 Å². The summed E-state index contributed by atoms with van der Waals surface area (Å²) < 4.78 is 35.7. The van der Waals surface area contributed by atoms with E-state index in [1.807, 2.05) is 6.07 Å². The molecule has 1 aromatic carbocycles. The lowest BCUT2D eigenvalue weighted by molar-refractivity contribution is -0.137. The minimum atomic E-state index is -4.34. The number of nitrogens with zero attached hydrogens (tertiary/aromatic N) is 1. The van der Waals surface area contributed by atoms with Crippen LogP contribution < -0.4 is 0 Å². The van der Waals surface area contributed by atoms with E-state index in [2.05, 4.69) is 15.9 Å². The van der Waals surface area contributed by atoms with Crippen LogP contribution in [0, 0.1) is 11.3 Å². The molecular weight excluding hydrogens is 271 g/mol. The van der Waals surface area contributed by atoms with E-state index in [-0.39, 0.29) is 0 Å². The van der Waals surface area contributed by atoms with Crippen LogP contribution in [0.1, 0.15) is 18.1 Å². The predicted octanol–water partition coefficient (Wildman–Crippen LogP) is 3.84. The van der Waals surface area contributed by atoms with E-state index in [4.69, 9.17) is 5.26 Å². The Morgan fingerprint density at radius 2 is 1.53 bits per heavy atom. The SMILES string of the molecule is CC(Br)(C#N)c1ccc(C(F)(F)F)cc1. The number of alkyl halides is 4. The lowest BCUT2D eigenvalue weighted by atomic mass is 10.0. The summed E-state index contributed by atoms with van der Waals surface area (Å²) in [5.41, 5.74) is -0.217. The van der Waals surface area contributed by atoms with Crippen molar-refractivity contribution < 1.29 is 13.2 Å². The van der Waals surface area contributed by atoms with Crippen LogP contribution in [0.2, 0.25) is 0 Å². The highest BCUT2D eigenvalue weighted by Gasteiger charge is 2.31. The van der Waals surface area contributed by atoms with Crippen molar-refractivity contribution in [1.29, 1.82) is 5.26 Å². The summed E-state index contributed by atoms with van der Waals surface area (Å²) >= 11 is 3.12. The Labute approximate surface area is 93.6 Å². The molecule has 1 nitrogen and oxygen atoms in total. The summed E-state index contributed by atoms with van der Waals surface area (Å²) in [6.45, 7) is 1.58. The van der Waals surface area contributed by atoms with Crippen molar-refractivity contribution in [3.05, 3.63) is 35.4 Å². The molecule has 1 unspecified atom stereocenters. The summed E-state index contributed by atoms with van der Waals surface area (Å²) in [5.74, 6) is 0. The first kappa shape index (κ1) is 12.1. The second-order valence-corrected chi connectivity index (χ2v) is 4.78. The van der Waals surface area contributed by atoms with Gasteiger partial charge in [-0.25, -0.2) is 0 Å². The summed E-state index contributed by atoms with van der Waals surface area (Å²) in [7, 11) is 0. The van der Waals surface area contributed by atoms with Gasteiger partial charge >= 0.3 is 6.18 Å². The summed E-state index contributed by atoms with van der Waals surface area (Å²) in [6, 6.07) is 6.47. The van der Waals surface area contributed by atoms with Crippen molar-refractivity contribution in [2.45, 2.75) is 17.4 Å². The molecule has 0 N–H and O–H groups in total. The number of benzene rings is 1. The van der Waals surface area contributed by atoms with Gasteiger partial charge in [-0.2, -0.15) is 18.4 Å². The second-order valence-electron chi connectivity index (χ2n) is 3.19. The lowest BCUT2D eigenvalue weighted by Crippen LogP contribution is -2.11. The second kappa shape index (κ2) is 3.86. The molecule has 0 aliphatic rings. The lowest BCUT2D eigenvalue weighted by Gasteiger charge is -2.14. The standard InChI is InChI=1S/C10H7BrF3N/c1-9(11,6-15)7-2-4-8(5-3-7)10(12,13)14/h2-5H,1H3. The summed E-state index contributed by atoms with van der Waals surface area (Å²) in [5, 5.41) is 8.76. The molecule has 15 heavy (non-hydrogen) atoms. The van der Waals surface area contributed by atoms with Gasteiger partial charge in [0.05, 0.1) is 11.6 Å². The highest BCUT2D eigenvalue weighted by molar-refractivity contribution is 9.09. The third kappa shape index (κ3) is 2.72. The molecule has 1 atom stereocenters. The molecule has 0 bridgehead atoms. The van der Waals surface area contributed by atoms with Crippen LogP contribution in [0.25, 0.3) is 0 Å². The molecule has 0 saturated heterocycles. The van der Waals surface area contributed by atoms with E-state index in [1.165, 1.54) is 12.1 Å². The van der Waals surface area contributed by atoms with Gasteiger partial charge in [0.15, 0.2) is 0 Å². The highest BCUT2D eigenvalue weighted by Crippen LogP contribution is 2.33. The van der Waals surface area contributed by atoms with Crippen LogP contribution in [0.3, 0.4) is 0 Å². The third-order valence-corrected chi connectivity index (χ3v) is 2.60. The molecule has 0 spiro atoms. The number of halogens is 4. The molecule has 5 heteroatoms. The number of hydrogen-bond donors (Lipinski definition) is 0. The Balaban J connectivity index is 3.08. The van der Waals surface area contributed by atoms with Crippen molar-refractivity contribution in [3.8, 4) is 6.07 Å². The van der Waals surface area contributed by atoms with Crippen LogP contribution in [-0.4, -0.2) is 0 Å². The maximum atomic E-state index is 12.2. The average Bonchev–Trinajstić information content (AvgIpc) is 2.17. The van der Waals surface area contributed by atoms with Crippen LogP contribution in [0.5, 0.6) is 0 Å². The van der Waals surface area contributed by atoms with Gasteiger partial charge in [0.1, 0.15) is 4.32 Å². The molecule has 0 fully saturated rings. The molecule has 0 aromatic heterocycles. The molecular formula is C10H7BrF3N. The zero-order chi connectivity index (χ0) is 11.7. The van der Waals surface area contributed by atoms with Gasteiger partial charge in [-0.1, -0.05) is 28.1 Å². The Hall–Kier alpha value is -1.02. The van der Waals surface area contributed by atoms with Crippen LogP contribution in [-0.2, 0) is 10.5 Å². The van der Waals surface area contributed by atoms with Gasteiger partial charge in [0.25, 0.3) is 0 Å². The Bertz CT molecular complexity index is 387. The third-order valence-electron chi connectivity index (χ3n) is 1.96. The largest absolute Gasteiger partial charge is 0.416 e. The first-order chi connectivity index (χ1) is 6.77. The quantitative estimate of drug-likeness (QED) is 0.716. The molecule has 0 amide bonds. The fourth-order valence-corrected chi connectivity index (χ4v) is 1.30. The van der Waals surface area contributed by atoms with E-state index in [0.29, 0.717) is 5.56 Å². The molecule has 80 valence electrons. The van der Waals surface area contributed by atoms with E-state index in [9.17, 15) is 13.2 Å². The van der Waals surface area contributed by atoms with Gasteiger partial charge in [0, 0.05) is 0 Å². The summed E-state index contributed by atoms with van der Waals surface area (Å²) in [4.78, 5) is 0. The molecule has 0 heterocycles. The van der Waals surface area contributed by atoms with E-state index in [0.717, 1.165) is 12.1 Å². The number of rotatable bonds is 1. The minimum absolute atomic E-state index is 0.498. The van der Waals surface area contributed by atoms with Crippen molar-refractivity contribution in [3.63, 3.8) is 0 Å². The van der Waals surface area contributed by atoms with Gasteiger partial charge in [-0.05, 0) is 24.6 Å². The molecule has 0 saturated carbocycles. The molecule has 0 aliphatic carbocycles. The van der Waals surface area contributed by atoms with Gasteiger partial charge in [-0.15, -0.1) is 0 Å². The fourth-order valence-electron chi connectivity index (χ4n) is 1.04. The van der Waals surface area contributed by atoms with Crippen LogP contribution >= 0.6 is 15.9 Å². The normalized spacial score (nSPS) is 15.5. The van der Waals surface area contributed by atoms with Gasteiger partial charge < -0.3 is 0 Å². The fraction of sp³-hybridized carbons (Fsp3) is 0.300. The molecule has 0 aliphatic heterocycles. The molecule has 0 radical (unpaired) electrons. The summed E-state index contributed by atoms with van der Waals surface area (Å²) in [6.07, 6.45) is -4.34. The van der Waals surface area contributed by atoms with E-state index >= 15 is 0 Å². The van der Waals surface area contributed by atoms with Crippen molar-refractivity contribution in [1.82, 2.24) is 0 Å². The van der Waals surface area contributed by atoms with Gasteiger partial charge in [-0.3, -0.25) is 0 Å². The monoisotopic (exact) mass is 277 g/mol. The first-order valence-electron chi connectivity index (χ1n) is 4.05. The highest BCUT2D eigenvalue weighted by atomic mass is 79.9. The zero-order valence-corrected chi connectivity index (χ0v) is 9.35. The maximum Gasteiger partial charge on any atom is 0.416 e. The number of nitriles is 1. The predicted molar refractivity (Wildman–Crippen MR) is 53.3 cm³/mol.